The zero-order valence-corrected chi connectivity index (χ0v) is 21.7. The van der Waals surface area contributed by atoms with Crippen molar-refractivity contribution in [2.24, 2.45) is 5.73 Å². The fourth-order valence-corrected chi connectivity index (χ4v) is 5.30. The summed E-state index contributed by atoms with van der Waals surface area (Å²) in [6.07, 6.45) is 6.87. The third kappa shape index (κ3) is 4.95. The minimum atomic E-state index is -0.0954. The number of methoxy groups -OCH3 is 1. The molecule has 5 rings (SSSR count). The Balaban J connectivity index is 0.00000171. The van der Waals surface area contributed by atoms with E-state index in [2.05, 4.69) is 26.2 Å². The third-order valence-electron chi connectivity index (χ3n) is 7.02. The van der Waals surface area contributed by atoms with E-state index in [4.69, 9.17) is 22.1 Å². The number of amides is 1. The Kier molecular flexibility index (Phi) is 8.58. The topological polar surface area (TPSA) is 112 Å². The standard InChI is InChI=1S/C23H26ClN7O2.2ClH/c1-33-22-26-12-15(13-27-22)19-28-29-20-21(32)30(9-10-31(19)20)18-5-7-23(14-25,8-6-18)16-3-2-4-17(24)11-16;;/h2-4,11-13,18H,5-10,14,25H2,1H3;2*1H. The second-order valence-corrected chi connectivity index (χ2v) is 9.12. The lowest BCUT2D eigenvalue weighted by atomic mass is 9.68. The zero-order valence-electron chi connectivity index (χ0n) is 19.3. The van der Waals surface area contributed by atoms with Gasteiger partial charge in [-0.1, -0.05) is 23.7 Å². The monoisotopic (exact) mass is 539 g/mol. The van der Waals surface area contributed by atoms with Crippen LogP contribution in [-0.2, 0) is 12.0 Å². The van der Waals surface area contributed by atoms with Gasteiger partial charge in [0, 0.05) is 48.5 Å². The van der Waals surface area contributed by atoms with Gasteiger partial charge < -0.3 is 19.9 Å². The minimum Gasteiger partial charge on any atom is -0.467 e. The van der Waals surface area contributed by atoms with E-state index >= 15 is 0 Å². The van der Waals surface area contributed by atoms with Gasteiger partial charge in [0.2, 0.25) is 5.82 Å². The lowest BCUT2D eigenvalue weighted by Gasteiger charge is -2.44. The number of hydrogen-bond donors (Lipinski definition) is 1. The summed E-state index contributed by atoms with van der Waals surface area (Å²) in [6.45, 7) is 1.81. The Labute approximate surface area is 221 Å². The van der Waals surface area contributed by atoms with Crippen LogP contribution in [0, 0.1) is 0 Å². The predicted octanol–water partition coefficient (Wildman–Crippen LogP) is 3.54. The molecule has 1 aliphatic heterocycles. The zero-order chi connectivity index (χ0) is 23.0. The van der Waals surface area contributed by atoms with Gasteiger partial charge in [-0.05, 0) is 43.4 Å². The molecule has 35 heavy (non-hydrogen) atoms. The number of aromatic nitrogens is 5. The van der Waals surface area contributed by atoms with E-state index in [0.29, 0.717) is 36.8 Å². The van der Waals surface area contributed by atoms with Crippen LogP contribution in [0.1, 0.15) is 41.9 Å². The lowest BCUT2D eigenvalue weighted by molar-refractivity contribution is 0.0523. The molecule has 0 spiro atoms. The summed E-state index contributed by atoms with van der Waals surface area (Å²) >= 11 is 6.24. The van der Waals surface area contributed by atoms with E-state index in [1.807, 2.05) is 27.7 Å². The lowest BCUT2D eigenvalue weighted by Crippen LogP contribution is -2.50. The van der Waals surface area contributed by atoms with Gasteiger partial charge in [-0.3, -0.25) is 4.79 Å². The highest BCUT2D eigenvalue weighted by Crippen LogP contribution is 2.41. The van der Waals surface area contributed by atoms with Crippen molar-refractivity contribution in [2.75, 3.05) is 20.2 Å². The van der Waals surface area contributed by atoms with E-state index in [0.717, 1.165) is 30.7 Å². The average molecular weight is 541 g/mol. The van der Waals surface area contributed by atoms with Crippen LogP contribution in [-0.4, -0.2) is 61.8 Å². The van der Waals surface area contributed by atoms with Gasteiger partial charge in [0.05, 0.1) is 12.7 Å². The minimum absolute atomic E-state index is 0. The highest BCUT2D eigenvalue weighted by molar-refractivity contribution is 6.30. The molecule has 9 nitrogen and oxygen atoms in total. The quantitative estimate of drug-likeness (QED) is 0.527. The van der Waals surface area contributed by atoms with E-state index in [1.54, 1.807) is 12.4 Å². The summed E-state index contributed by atoms with van der Waals surface area (Å²) in [4.78, 5) is 23.5. The molecule has 0 saturated heterocycles. The first-order chi connectivity index (χ1) is 16.0. The van der Waals surface area contributed by atoms with Gasteiger partial charge in [-0.2, -0.15) is 0 Å². The van der Waals surface area contributed by atoms with E-state index in [-0.39, 0.29) is 48.2 Å². The van der Waals surface area contributed by atoms with Gasteiger partial charge in [0.25, 0.3) is 5.91 Å². The third-order valence-corrected chi connectivity index (χ3v) is 7.25. The summed E-state index contributed by atoms with van der Waals surface area (Å²) < 4.78 is 6.86. The van der Waals surface area contributed by atoms with Crippen molar-refractivity contribution in [2.45, 2.75) is 43.7 Å². The van der Waals surface area contributed by atoms with Crippen LogP contribution in [0.4, 0.5) is 0 Å². The largest absolute Gasteiger partial charge is 0.467 e. The molecule has 3 aromatic rings. The van der Waals surface area contributed by atoms with Crippen LogP contribution in [0.2, 0.25) is 5.02 Å². The SMILES string of the molecule is COc1ncc(-c2nnc3n2CCN(C2CCC(CN)(c4cccc(Cl)c4)CC2)C3=O)cn1.Cl.Cl. The van der Waals surface area contributed by atoms with Crippen molar-refractivity contribution in [3.05, 3.63) is 53.1 Å². The predicted molar refractivity (Wildman–Crippen MR) is 138 cm³/mol. The van der Waals surface area contributed by atoms with Crippen molar-refractivity contribution in [3.63, 3.8) is 0 Å². The van der Waals surface area contributed by atoms with E-state index < -0.39 is 0 Å². The van der Waals surface area contributed by atoms with E-state index in [1.165, 1.54) is 12.7 Å². The molecule has 3 heterocycles. The number of carbonyl (C=O) groups is 1. The number of carbonyl (C=O) groups excluding carboxylic acids is 1. The smallest absolute Gasteiger partial charge is 0.316 e. The van der Waals surface area contributed by atoms with Crippen LogP contribution in [0.5, 0.6) is 6.01 Å². The number of halogens is 3. The van der Waals surface area contributed by atoms with Gasteiger partial charge >= 0.3 is 6.01 Å². The van der Waals surface area contributed by atoms with Gasteiger partial charge in [-0.15, -0.1) is 35.0 Å². The number of nitrogens with zero attached hydrogens (tertiary/aromatic N) is 6. The fourth-order valence-electron chi connectivity index (χ4n) is 5.11. The highest BCUT2D eigenvalue weighted by Gasteiger charge is 2.40. The van der Waals surface area contributed by atoms with Crippen LogP contribution in [0.15, 0.2) is 36.7 Å². The van der Waals surface area contributed by atoms with Crippen LogP contribution < -0.4 is 10.5 Å². The molecule has 1 saturated carbocycles. The van der Waals surface area contributed by atoms with Crippen molar-refractivity contribution < 1.29 is 9.53 Å². The number of rotatable bonds is 5. The Morgan fingerprint density at radius 2 is 1.80 bits per heavy atom. The first-order valence-corrected chi connectivity index (χ1v) is 11.5. The average Bonchev–Trinajstić information content (AvgIpc) is 3.30. The summed E-state index contributed by atoms with van der Waals surface area (Å²) in [5.74, 6) is 0.868. The number of hydrogen-bond acceptors (Lipinski definition) is 7. The summed E-state index contributed by atoms with van der Waals surface area (Å²) in [6, 6.07) is 8.44. The van der Waals surface area contributed by atoms with Gasteiger partial charge in [0.15, 0.2) is 5.82 Å². The molecule has 12 heteroatoms. The maximum absolute atomic E-state index is 13.3. The Hall–Kier alpha value is -2.46. The maximum atomic E-state index is 13.3. The number of nitrogens with two attached hydrogens (primary N) is 1. The molecular weight excluding hydrogens is 513 g/mol. The van der Waals surface area contributed by atoms with Crippen LogP contribution in [0.25, 0.3) is 11.4 Å². The first-order valence-electron chi connectivity index (χ1n) is 11.1. The Bertz CT molecular complexity index is 1160. The number of benzene rings is 1. The normalized spacial score (nSPS) is 21.5. The van der Waals surface area contributed by atoms with Gasteiger partial charge in [-0.25, -0.2) is 9.97 Å². The molecule has 2 N–H and O–H groups in total. The molecule has 0 radical (unpaired) electrons. The fraction of sp³-hybridized carbons (Fsp3) is 0.435. The van der Waals surface area contributed by atoms with Crippen LogP contribution >= 0.6 is 36.4 Å². The molecule has 2 aliphatic rings. The Morgan fingerprint density at radius 3 is 2.43 bits per heavy atom. The van der Waals surface area contributed by atoms with Crippen molar-refractivity contribution >= 4 is 42.3 Å². The Morgan fingerprint density at radius 1 is 1.11 bits per heavy atom. The number of ether oxygens (including phenoxy) is 1. The maximum Gasteiger partial charge on any atom is 0.316 e. The summed E-state index contributed by atoms with van der Waals surface area (Å²) in [7, 11) is 1.51. The van der Waals surface area contributed by atoms with E-state index in [9.17, 15) is 4.79 Å². The summed E-state index contributed by atoms with van der Waals surface area (Å²) in [5.41, 5.74) is 8.04. The highest BCUT2D eigenvalue weighted by atomic mass is 35.5. The molecule has 0 unspecified atom stereocenters. The molecule has 1 aromatic carbocycles. The molecule has 2 aromatic heterocycles. The first kappa shape index (κ1) is 27.1. The molecule has 188 valence electrons. The molecule has 1 amide bonds. The van der Waals surface area contributed by atoms with Gasteiger partial charge in [0.1, 0.15) is 0 Å². The molecule has 1 aliphatic carbocycles. The van der Waals surface area contributed by atoms with Crippen molar-refractivity contribution in [1.29, 1.82) is 0 Å². The number of fused-ring (bicyclic) bond motifs is 1. The molecular formula is C23H28Cl3N7O2. The molecule has 0 atom stereocenters. The van der Waals surface area contributed by atoms with Crippen LogP contribution in [0.3, 0.4) is 0 Å². The van der Waals surface area contributed by atoms with Crippen molar-refractivity contribution in [3.8, 4) is 17.4 Å². The molecule has 1 fully saturated rings. The van der Waals surface area contributed by atoms with Crippen molar-refractivity contribution in [1.82, 2.24) is 29.6 Å². The molecule has 0 bridgehead atoms. The summed E-state index contributed by atoms with van der Waals surface area (Å²) in [5, 5.41) is 9.19. The second kappa shape index (κ2) is 11.1. The second-order valence-electron chi connectivity index (χ2n) is 8.68.